The van der Waals surface area contributed by atoms with Gasteiger partial charge in [0.25, 0.3) is 0 Å². The third kappa shape index (κ3) is 2.98. The number of carbonyl (C=O) groups excluding carboxylic acids is 1. The molecule has 0 bridgehead atoms. The smallest absolute Gasteiger partial charge is 0.248 e. The molecule has 1 amide bonds. The lowest BCUT2D eigenvalue weighted by atomic mass is 9.84. The number of rotatable bonds is 3. The highest BCUT2D eigenvalue weighted by Gasteiger charge is 2.42. The second-order valence-electron chi connectivity index (χ2n) is 6.66. The average Bonchev–Trinajstić information content (AvgIpc) is 3.05. The highest BCUT2D eigenvalue weighted by atomic mass is 16.2. The van der Waals surface area contributed by atoms with Gasteiger partial charge in [-0.05, 0) is 63.6 Å². The Balaban J connectivity index is 1.72. The first-order valence-corrected chi connectivity index (χ1v) is 8.22. The minimum absolute atomic E-state index is 0.159. The first kappa shape index (κ1) is 14.6. The predicted octanol–water partition coefficient (Wildman–Crippen LogP) is 1.66. The standard InChI is InChI=1S/C16H26N4O/c1-13-3-5-14(6-4-13)19-15(21)16(7-10-17-11-8-16)20-12-2-9-18-20/h2,9,12-14,17H,3-8,10-11H2,1H3,(H,19,21). The molecule has 0 aromatic carbocycles. The van der Waals surface area contributed by atoms with E-state index in [1.165, 1.54) is 12.8 Å². The zero-order valence-electron chi connectivity index (χ0n) is 12.8. The number of hydrogen-bond donors (Lipinski definition) is 2. The molecule has 2 fully saturated rings. The minimum atomic E-state index is -0.502. The molecule has 1 aliphatic carbocycles. The molecule has 2 N–H and O–H groups in total. The van der Waals surface area contributed by atoms with Gasteiger partial charge in [-0.25, -0.2) is 0 Å². The fourth-order valence-electron chi connectivity index (χ4n) is 3.65. The van der Waals surface area contributed by atoms with Gasteiger partial charge in [0, 0.05) is 18.4 Å². The van der Waals surface area contributed by atoms with Gasteiger partial charge < -0.3 is 10.6 Å². The number of aromatic nitrogens is 2. The minimum Gasteiger partial charge on any atom is -0.351 e. The summed E-state index contributed by atoms with van der Waals surface area (Å²) in [5, 5.41) is 11.0. The van der Waals surface area contributed by atoms with Crippen molar-refractivity contribution in [1.82, 2.24) is 20.4 Å². The van der Waals surface area contributed by atoms with Crippen LogP contribution in [0.5, 0.6) is 0 Å². The SMILES string of the molecule is CC1CCC(NC(=O)C2(n3cccn3)CCNCC2)CC1. The third-order valence-electron chi connectivity index (χ3n) is 5.15. The molecule has 2 aliphatic rings. The Kier molecular flexibility index (Phi) is 4.29. The quantitative estimate of drug-likeness (QED) is 0.890. The van der Waals surface area contributed by atoms with E-state index in [0.717, 1.165) is 44.7 Å². The largest absolute Gasteiger partial charge is 0.351 e. The molecule has 1 aliphatic heterocycles. The third-order valence-corrected chi connectivity index (χ3v) is 5.15. The fourth-order valence-corrected chi connectivity index (χ4v) is 3.65. The fraction of sp³-hybridized carbons (Fsp3) is 0.750. The topological polar surface area (TPSA) is 59.0 Å². The Bertz CT molecular complexity index is 457. The molecule has 1 saturated carbocycles. The van der Waals surface area contributed by atoms with Crippen molar-refractivity contribution < 1.29 is 4.79 Å². The van der Waals surface area contributed by atoms with Crippen molar-refractivity contribution in [2.45, 2.75) is 57.0 Å². The number of nitrogens with zero attached hydrogens (tertiary/aromatic N) is 2. The number of nitrogens with one attached hydrogen (secondary N) is 2. The molecule has 0 spiro atoms. The van der Waals surface area contributed by atoms with E-state index in [2.05, 4.69) is 22.7 Å². The maximum Gasteiger partial charge on any atom is 0.248 e. The summed E-state index contributed by atoms with van der Waals surface area (Å²) >= 11 is 0. The normalized spacial score (nSPS) is 29.0. The monoisotopic (exact) mass is 290 g/mol. The average molecular weight is 290 g/mol. The van der Waals surface area contributed by atoms with Crippen molar-refractivity contribution in [2.75, 3.05) is 13.1 Å². The molecule has 2 heterocycles. The molecule has 0 radical (unpaired) electrons. The number of piperidine rings is 1. The van der Waals surface area contributed by atoms with Gasteiger partial charge in [-0.15, -0.1) is 0 Å². The van der Waals surface area contributed by atoms with E-state index in [9.17, 15) is 4.79 Å². The zero-order chi connectivity index (χ0) is 14.7. The van der Waals surface area contributed by atoms with E-state index in [-0.39, 0.29) is 5.91 Å². The van der Waals surface area contributed by atoms with Gasteiger partial charge in [0.2, 0.25) is 5.91 Å². The van der Waals surface area contributed by atoms with Crippen LogP contribution in [-0.4, -0.2) is 34.8 Å². The summed E-state index contributed by atoms with van der Waals surface area (Å²) in [5.41, 5.74) is -0.502. The molecule has 5 heteroatoms. The molecular weight excluding hydrogens is 264 g/mol. The molecule has 116 valence electrons. The Labute approximate surface area is 126 Å². The van der Waals surface area contributed by atoms with Crippen LogP contribution in [-0.2, 0) is 10.3 Å². The molecule has 3 rings (SSSR count). The maximum atomic E-state index is 13.0. The Morgan fingerprint density at radius 3 is 2.62 bits per heavy atom. The van der Waals surface area contributed by atoms with Crippen LogP contribution < -0.4 is 10.6 Å². The van der Waals surface area contributed by atoms with Crippen molar-refractivity contribution >= 4 is 5.91 Å². The van der Waals surface area contributed by atoms with Crippen molar-refractivity contribution in [3.05, 3.63) is 18.5 Å². The zero-order valence-corrected chi connectivity index (χ0v) is 12.8. The molecule has 21 heavy (non-hydrogen) atoms. The van der Waals surface area contributed by atoms with Gasteiger partial charge in [-0.3, -0.25) is 9.48 Å². The van der Waals surface area contributed by atoms with Gasteiger partial charge in [-0.2, -0.15) is 5.10 Å². The van der Waals surface area contributed by atoms with Crippen LogP contribution in [0.3, 0.4) is 0 Å². The summed E-state index contributed by atoms with van der Waals surface area (Å²) in [5.74, 6) is 0.962. The molecule has 1 aromatic rings. The summed E-state index contributed by atoms with van der Waals surface area (Å²) < 4.78 is 1.87. The highest BCUT2D eigenvalue weighted by Crippen LogP contribution is 2.29. The van der Waals surface area contributed by atoms with Crippen molar-refractivity contribution in [1.29, 1.82) is 0 Å². The predicted molar refractivity (Wildman–Crippen MR) is 81.9 cm³/mol. The van der Waals surface area contributed by atoms with E-state index < -0.39 is 5.54 Å². The van der Waals surface area contributed by atoms with Crippen LogP contribution in [0.1, 0.15) is 45.4 Å². The number of hydrogen-bond acceptors (Lipinski definition) is 3. The molecular formula is C16H26N4O. The second-order valence-corrected chi connectivity index (χ2v) is 6.66. The van der Waals surface area contributed by atoms with E-state index >= 15 is 0 Å². The van der Waals surface area contributed by atoms with Crippen LogP contribution >= 0.6 is 0 Å². The van der Waals surface area contributed by atoms with Gasteiger partial charge in [0.05, 0.1) is 0 Å². The van der Waals surface area contributed by atoms with Crippen LogP contribution in [0.25, 0.3) is 0 Å². The first-order chi connectivity index (χ1) is 10.2. The first-order valence-electron chi connectivity index (χ1n) is 8.22. The lowest BCUT2D eigenvalue weighted by Crippen LogP contribution is -2.56. The van der Waals surface area contributed by atoms with Crippen molar-refractivity contribution in [3.63, 3.8) is 0 Å². The van der Waals surface area contributed by atoms with Gasteiger partial charge in [-0.1, -0.05) is 6.92 Å². The number of carbonyl (C=O) groups is 1. The van der Waals surface area contributed by atoms with E-state index in [1.54, 1.807) is 6.20 Å². The van der Waals surface area contributed by atoms with Crippen LogP contribution in [0, 0.1) is 5.92 Å². The molecule has 0 atom stereocenters. The van der Waals surface area contributed by atoms with Crippen molar-refractivity contribution in [3.8, 4) is 0 Å². The van der Waals surface area contributed by atoms with E-state index in [4.69, 9.17) is 0 Å². The van der Waals surface area contributed by atoms with E-state index in [1.807, 2.05) is 16.9 Å². The Hall–Kier alpha value is -1.36. The van der Waals surface area contributed by atoms with E-state index in [0.29, 0.717) is 6.04 Å². The van der Waals surface area contributed by atoms with Crippen LogP contribution in [0.2, 0.25) is 0 Å². The summed E-state index contributed by atoms with van der Waals surface area (Å²) in [7, 11) is 0. The summed E-state index contributed by atoms with van der Waals surface area (Å²) in [6.45, 7) is 4.04. The van der Waals surface area contributed by atoms with Crippen LogP contribution in [0.15, 0.2) is 18.5 Å². The maximum absolute atomic E-state index is 13.0. The number of amides is 1. The summed E-state index contributed by atoms with van der Waals surface area (Å²) in [4.78, 5) is 13.0. The van der Waals surface area contributed by atoms with Crippen LogP contribution in [0.4, 0.5) is 0 Å². The van der Waals surface area contributed by atoms with Gasteiger partial charge in [0.1, 0.15) is 5.54 Å². The lowest BCUT2D eigenvalue weighted by Gasteiger charge is -2.38. The highest BCUT2D eigenvalue weighted by molar-refractivity contribution is 5.84. The Morgan fingerprint density at radius 1 is 1.29 bits per heavy atom. The van der Waals surface area contributed by atoms with Crippen molar-refractivity contribution in [2.24, 2.45) is 5.92 Å². The molecule has 1 aromatic heterocycles. The molecule has 0 unspecified atom stereocenters. The van der Waals surface area contributed by atoms with Gasteiger partial charge >= 0.3 is 0 Å². The summed E-state index contributed by atoms with van der Waals surface area (Å²) in [6, 6.07) is 2.25. The Morgan fingerprint density at radius 2 is 2.00 bits per heavy atom. The molecule has 1 saturated heterocycles. The molecule has 5 nitrogen and oxygen atoms in total. The van der Waals surface area contributed by atoms with Gasteiger partial charge in [0.15, 0.2) is 0 Å². The lowest BCUT2D eigenvalue weighted by molar-refractivity contribution is -0.133. The summed E-state index contributed by atoms with van der Waals surface area (Å²) in [6.07, 6.45) is 9.98. The second kappa shape index (κ2) is 6.18.